The molecule has 1 atom stereocenters. The Kier molecular flexibility index (Phi) is 6.79. The zero-order valence-electron chi connectivity index (χ0n) is 27.8. The van der Waals surface area contributed by atoms with Gasteiger partial charge in [-0.2, -0.15) is 0 Å². The maximum atomic E-state index is 13.4. The van der Waals surface area contributed by atoms with E-state index in [1.165, 1.54) is 10.4 Å². The molecular formula is C42H37NO4Si. The van der Waals surface area contributed by atoms with Crippen LogP contribution in [0.25, 0.3) is 10.8 Å². The van der Waals surface area contributed by atoms with Gasteiger partial charge in [0.25, 0.3) is 0 Å². The number of rotatable bonds is 5. The van der Waals surface area contributed by atoms with Gasteiger partial charge in [0.05, 0.1) is 5.56 Å². The standard InChI is InChI=1S/C42H37NO4Si/c1-41(2,3)48(31-14-8-6-9-15-31,32-16-10-7-11-17-32)47-30-22-23-33-28(26-30)20-24-37-39(33)45-38-27-29(43(4)5)21-25-36(38)42(37)35-19-13-12-18-34(35)40(44)46-42/h6-27H,1-5H3. The van der Waals surface area contributed by atoms with Gasteiger partial charge in [0.2, 0.25) is 0 Å². The Bertz CT molecular complexity index is 2170. The molecule has 0 N–H and O–H groups in total. The van der Waals surface area contributed by atoms with Gasteiger partial charge in [0, 0.05) is 47.9 Å². The zero-order valence-corrected chi connectivity index (χ0v) is 28.8. The molecule has 6 aromatic rings. The van der Waals surface area contributed by atoms with Gasteiger partial charge >= 0.3 is 14.3 Å². The molecule has 2 heterocycles. The van der Waals surface area contributed by atoms with Crippen LogP contribution in [-0.4, -0.2) is 28.4 Å². The van der Waals surface area contributed by atoms with Crippen molar-refractivity contribution in [2.75, 3.05) is 19.0 Å². The highest BCUT2D eigenvalue weighted by molar-refractivity contribution is 7.00. The summed E-state index contributed by atoms with van der Waals surface area (Å²) in [5.41, 5.74) is 2.88. The summed E-state index contributed by atoms with van der Waals surface area (Å²) in [5, 5.41) is 4.15. The quantitative estimate of drug-likeness (QED) is 0.139. The van der Waals surface area contributed by atoms with Crippen molar-refractivity contribution in [2.24, 2.45) is 0 Å². The molecule has 0 amide bonds. The zero-order chi connectivity index (χ0) is 33.3. The van der Waals surface area contributed by atoms with E-state index in [-0.39, 0.29) is 11.0 Å². The summed E-state index contributed by atoms with van der Waals surface area (Å²) in [6.07, 6.45) is 0. The number of fused-ring (bicyclic) bond motifs is 8. The lowest BCUT2D eigenvalue weighted by atomic mass is 9.77. The molecule has 48 heavy (non-hydrogen) atoms. The van der Waals surface area contributed by atoms with Crippen LogP contribution < -0.4 is 24.4 Å². The number of nitrogens with zero attached hydrogens (tertiary/aromatic N) is 1. The van der Waals surface area contributed by atoms with E-state index in [2.05, 4.69) is 106 Å². The predicted molar refractivity (Wildman–Crippen MR) is 195 cm³/mol. The number of carbonyl (C=O) groups excluding carboxylic acids is 1. The summed E-state index contributed by atoms with van der Waals surface area (Å²) in [6, 6.07) is 45.5. The number of benzene rings is 6. The summed E-state index contributed by atoms with van der Waals surface area (Å²) < 4.78 is 20.6. The number of anilines is 1. The minimum Gasteiger partial charge on any atom is -0.534 e. The molecule has 5 nitrogen and oxygen atoms in total. The highest BCUT2D eigenvalue weighted by Gasteiger charge is 2.54. The molecule has 0 aromatic heterocycles. The fourth-order valence-electron chi connectivity index (χ4n) is 7.59. The summed E-state index contributed by atoms with van der Waals surface area (Å²) in [4.78, 5) is 15.4. The molecule has 0 saturated carbocycles. The van der Waals surface area contributed by atoms with Crippen molar-refractivity contribution in [1.82, 2.24) is 0 Å². The van der Waals surface area contributed by atoms with Gasteiger partial charge in [-0.05, 0) is 63.3 Å². The third-order valence-electron chi connectivity index (χ3n) is 9.85. The van der Waals surface area contributed by atoms with Crippen LogP contribution in [0.3, 0.4) is 0 Å². The average Bonchev–Trinajstić information content (AvgIpc) is 3.39. The van der Waals surface area contributed by atoms with Crippen LogP contribution in [0.4, 0.5) is 5.69 Å². The van der Waals surface area contributed by atoms with E-state index in [9.17, 15) is 4.79 Å². The minimum absolute atomic E-state index is 0.177. The van der Waals surface area contributed by atoms with Crippen LogP contribution in [0, 0.1) is 0 Å². The third kappa shape index (κ3) is 4.32. The molecule has 2 aliphatic rings. The second kappa shape index (κ2) is 10.9. The van der Waals surface area contributed by atoms with Gasteiger partial charge in [-0.3, -0.25) is 0 Å². The van der Waals surface area contributed by atoms with Gasteiger partial charge in [0.15, 0.2) is 5.60 Å². The van der Waals surface area contributed by atoms with Crippen LogP contribution in [0.5, 0.6) is 17.2 Å². The van der Waals surface area contributed by atoms with E-state index >= 15 is 0 Å². The van der Waals surface area contributed by atoms with Gasteiger partial charge in [-0.1, -0.05) is 106 Å². The monoisotopic (exact) mass is 647 g/mol. The normalized spacial score (nSPS) is 16.5. The maximum Gasteiger partial charge on any atom is 0.340 e. The molecule has 238 valence electrons. The van der Waals surface area contributed by atoms with Crippen LogP contribution >= 0.6 is 0 Å². The molecule has 0 radical (unpaired) electrons. The first-order valence-electron chi connectivity index (χ1n) is 16.3. The lowest BCUT2D eigenvalue weighted by Crippen LogP contribution is -2.68. The van der Waals surface area contributed by atoms with E-state index < -0.39 is 13.9 Å². The van der Waals surface area contributed by atoms with Crippen LogP contribution in [0.15, 0.2) is 133 Å². The summed E-state index contributed by atoms with van der Waals surface area (Å²) >= 11 is 0. The largest absolute Gasteiger partial charge is 0.534 e. The van der Waals surface area contributed by atoms with Crippen LogP contribution in [0.2, 0.25) is 5.04 Å². The number of hydrogen-bond donors (Lipinski definition) is 0. The van der Waals surface area contributed by atoms with Crippen molar-refractivity contribution in [1.29, 1.82) is 0 Å². The van der Waals surface area contributed by atoms with Crippen LogP contribution in [-0.2, 0) is 10.3 Å². The van der Waals surface area contributed by atoms with Gasteiger partial charge in [0.1, 0.15) is 17.2 Å². The molecule has 0 fully saturated rings. The Morgan fingerprint density at radius 3 is 2.00 bits per heavy atom. The van der Waals surface area contributed by atoms with Crippen molar-refractivity contribution in [3.05, 3.63) is 156 Å². The molecule has 0 bridgehead atoms. The van der Waals surface area contributed by atoms with Gasteiger partial charge < -0.3 is 18.8 Å². The summed E-state index contributed by atoms with van der Waals surface area (Å²) in [5.74, 6) is 1.81. The first-order chi connectivity index (χ1) is 23.1. The predicted octanol–water partition coefficient (Wildman–Crippen LogP) is 8.41. The number of esters is 1. The molecule has 0 aliphatic carbocycles. The number of carbonyl (C=O) groups is 1. The number of ether oxygens (including phenoxy) is 2. The highest BCUT2D eigenvalue weighted by atomic mass is 28.4. The molecular weight excluding hydrogens is 611 g/mol. The molecule has 0 saturated heterocycles. The van der Waals surface area contributed by atoms with E-state index in [0.717, 1.165) is 38.9 Å². The molecule has 1 spiro atoms. The van der Waals surface area contributed by atoms with Crippen molar-refractivity contribution >= 4 is 41.1 Å². The van der Waals surface area contributed by atoms with Crippen molar-refractivity contribution < 1.29 is 18.7 Å². The SMILES string of the molecule is CN(C)c1ccc2c(c1)Oc1c(ccc3cc(O[Si](c4ccccc4)(c4ccccc4)C(C)(C)C)ccc13)C21OC(=O)c2ccccc21. The molecule has 6 heteroatoms. The lowest BCUT2D eigenvalue weighted by molar-refractivity contribution is 0.0225. The molecule has 1 unspecified atom stereocenters. The fourth-order valence-corrected chi connectivity index (χ4v) is 12.0. The lowest BCUT2D eigenvalue weighted by Gasteiger charge is -2.43. The molecule has 8 rings (SSSR count). The van der Waals surface area contributed by atoms with Crippen molar-refractivity contribution in [3.8, 4) is 17.2 Å². The van der Waals surface area contributed by atoms with Gasteiger partial charge in [-0.15, -0.1) is 0 Å². The fraction of sp³-hybridized carbons (Fsp3) is 0.167. The topological polar surface area (TPSA) is 48.0 Å². The minimum atomic E-state index is -2.84. The Morgan fingerprint density at radius 2 is 1.33 bits per heavy atom. The van der Waals surface area contributed by atoms with E-state index in [0.29, 0.717) is 17.1 Å². The Morgan fingerprint density at radius 1 is 0.688 bits per heavy atom. The second-order valence-corrected chi connectivity index (χ2v) is 18.1. The Labute approximate surface area is 282 Å². The van der Waals surface area contributed by atoms with Gasteiger partial charge in [-0.25, -0.2) is 4.79 Å². The molecule has 6 aromatic carbocycles. The summed E-state index contributed by atoms with van der Waals surface area (Å²) in [6.45, 7) is 6.85. The smallest absolute Gasteiger partial charge is 0.340 e. The maximum absolute atomic E-state index is 13.4. The second-order valence-electron chi connectivity index (χ2n) is 13.9. The highest BCUT2D eigenvalue weighted by Crippen LogP contribution is 2.58. The molecule has 2 aliphatic heterocycles. The first-order valence-corrected chi connectivity index (χ1v) is 18.2. The van der Waals surface area contributed by atoms with E-state index in [1.54, 1.807) is 0 Å². The van der Waals surface area contributed by atoms with Crippen LogP contribution in [0.1, 0.15) is 47.8 Å². The van der Waals surface area contributed by atoms with E-state index in [4.69, 9.17) is 13.9 Å². The Balaban J connectivity index is 1.32. The Hall–Kier alpha value is -5.33. The number of hydrogen-bond acceptors (Lipinski definition) is 5. The first kappa shape index (κ1) is 30.0. The third-order valence-corrected chi connectivity index (χ3v) is 14.8. The van der Waals surface area contributed by atoms with Crippen molar-refractivity contribution in [2.45, 2.75) is 31.4 Å². The average molecular weight is 648 g/mol. The summed E-state index contributed by atoms with van der Waals surface area (Å²) in [7, 11) is 1.17. The van der Waals surface area contributed by atoms with Crippen molar-refractivity contribution in [3.63, 3.8) is 0 Å². The van der Waals surface area contributed by atoms with E-state index in [1.807, 2.05) is 67.5 Å².